The van der Waals surface area contributed by atoms with Crippen LogP contribution in [0.15, 0.2) is 0 Å². The number of aromatic nitrogens is 1. The maximum Gasteiger partial charge on any atom is 0.223 e. The minimum Gasteiger partial charge on any atom is -0.355 e. The number of nitrogens with one attached hydrogen (secondary N) is 1. The minimum absolute atomic E-state index is 0.322. The summed E-state index contributed by atoms with van der Waals surface area (Å²) in [6.45, 7) is 0.772. The molecule has 1 aromatic heterocycles. The molecule has 130 valence electrons. The molecule has 3 nitrogen and oxygen atoms in total. The molecule has 1 heterocycles. The summed E-state index contributed by atoms with van der Waals surface area (Å²) in [4.78, 5) is 19.1. The number of rotatable bonds is 4. The van der Waals surface area contributed by atoms with Gasteiger partial charge in [0.2, 0.25) is 5.91 Å². The zero-order chi connectivity index (χ0) is 16.1. The Morgan fingerprint density at radius 2 is 1.75 bits per heavy atom. The molecule has 0 saturated heterocycles. The molecule has 4 fully saturated rings. The summed E-state index contributed by atoms with van der Waals surface area (Å²) in [7, 11) is 0. The van der Waals surface area contributed by atoms with Crippen molar-refractivity contribution in [1.82, 2.24) is 10.3 Å². The third-order valence-electron chi connectivity index (χ3n) is 7.06. The lowest BCUT2D eigenvalue weighted by Gasteiger charge is -2.53. The average Bonchev–Trinajstić information content (AvgIpc) is 2.96. The van der Waals surface area contributed by atoms with E-state index in [1.54, 1.807) is 0 Å². The van der Waals surface area contributed by atoms with E-state index < -0.39 is 0 Å². The van der Waals surface area contributed by atoms with Crippen LogP contribution < -0.4 is 5.32 Å². The Hall–Kier alpha value is -0.900. The van der Waals surface area contributed by atoms with E-state index in [4.69, 9.17) is 4.98 Å². The van der Waals surface area contributed by atoms with Crippen LogP contribution in [0.2, 0.25) is 0 Å². The van der Waals surface area contributed by atoms with E-state index >= 15 is 0 Å². The third kappa shape index (κ3) is 2.71. The number of nitrogens with zero attached hydrogens (tertiary/aromatic N) is 1. The van der Waals surface area contributed by atoms with Crippen molar-refractivity contribution >= 4 is 17.2 Å². The van der Waals surface area contributed by atoms with E-state index in [0.717, 1.165) is 31.2 Å². The number of carbonyl (C=O) groups excluding carboxylic acids is 1. The van der Waals surface area contributed by atoms with Crippen LogP contribution >= 0.6 is 11.3 Å². The Kier molecular flexibility index (Phi) is 3.92. The molecule has 1 N–H and O–H groups in total. The fraction of sp³-hybridized carbons (Fsp3) is 0.800. The fourth-order valence-corrected chi connectivity index (χ4v) is 7.43. The number of hydrogen-bond acceptors (Lipinski definition) is 3. The van der Waals surface area contributed by atoms with E-state index in [0.29, 0.717) is 23.7 Å². The highest BCUT2D eigenvalue weighted by Crippen LogP contribution is 2.56. The van der Waals surface area contributed by atoms with Crippen LogP contribution in [0.5, 0.6) is 0 Å². The molecular weight excluding hydrogens is 316 g/mol. The van der Waals surface area contributed by atoms with Gasteiger partial charge in [-0.25, -0.2) is 4.98 Å². The summed E-state index contributed by atoms with van der Waals surface area (Å²) < 4.78 is 0. The van der Waals surface area contributed by atoms with Gasteiger partial charge in [0.05, 0.1) is 10.7 Å². The van der Waals surface area contributed by atoms with Gasteiger partial charge >= 0.3 is 0 Å². The summed E-state index contributed by atoms with van der Waals surface area (Å²) in [6.07, 6.45) is 12.6. The van der Waals surface area contributed by atoms with E-state index in [1.807, 2.05) is 11.3 Å². The number of amides is 1. The van der Waals surface area contributed by atoms with Crippen molar-refractivity contribution in [1.29, 1.82) is 0 Å². The molecule has 0 spiro atoms. The highest BCUT2D eigenvalue weighted by molar-refractivity contribution is 7.11. The van der Waals surface area contributed by atoms with Crippen LogP contribution in [0.25, 0.3) is 0 Å². The van der Waals surface area contributed by atoms with E-state index in [-0.39, 0.29) is 0 Å². The lowest BCUT2D eigenvalue weighted by atomic mass is 9.51. The Bertz CT molecular complexity index is 586. The van der Waals surface area contributed by atoms with Gasteiger partial charge in [0.15, 0.2) is 0 Å². The zero-order valence-corrected chi connectivity index (χ0v) is 15.2. The van der Waals surface area contributed by atoms with E-state index in [2.05, 4.69) is 5.32 Å². The highest BCUT2D eigenvalue weighted by atomic mass is 32.1. The molecule has 0 aliphatic heterocycles. The molecule has 6 rings (SSSR count). The van der Waals surface area contributed by atoms with Crippen molar-refractivity contribution in [2.75, 3.05) is 6.54 Å². The lowest BCUT2D eigenvalue weighted by Crippen LogP contribution is -2.51. The molecule has 5 aliphatic carbocycles. The predicted octanol–water partition coefficient (Wildman–Crippen LogP) is 3.75. The quantitative estimate of drug-likeness (QED) is 0.904. The number of aryl methyl sites for hydroxylation is 2. The summed E-state index contributed by atoms with van der Waals surface area (Å²) in [5.74, 6) is 3.94. The zero-order valence-electron chi connectivity index (χ0n) is 14.4. The lowest BCUT2D eigenvalue weighted by molar-refractivity contribution is -0.138. The molecule has 4 bridgehead atoms. The third-order valence-corrected chi connectivity index (χ3v) is 8.27. The summed E-state index contributed by atoms with van der Waals surface area (Å²) in [5, 5.41) is 4.50. The van der Waals surface area contributed by atoms with Crippen LogP contribution in [0.1, 0.15) is 60.5 Å². The van der Waals surface area contributed by atoms with Crippen LogP contribution in [0.3, 0.4) is 0 Å². The van der Waals surface area contributed by atoms with E-state index in [1.165, 1.54) is 66.9 Å². The van der Waals surface area contributed by atoms with Gasteiger partial charge in [0, 0.05) is 23.8 Å². The van der Waals surface area contributed by atoms with Crippen molar-refractivity contribution in [2.24, 2.45) is 29.6 Å². The van der Waals surface area contributed by atoms with Crippen molar-refractivity contribution in [2.45, 2.75) is 64.2 Å². The molecule has 0 aromatic carbocycles. The fourth-order valence-electron chi connectivity index (χ4n) is 6.28. The van der Waals surface area contributed by atoms with Gasteiger partial charge in [-0.3, -0.25) is 4.79 Å². The van der Waals surface area contributed by atoms with Crippen molar-refractivity contribution in [3.05, 3.63) is 15.6 Å². The second-order valence-corrected chi connectivity index (χ2v) is 9.85. The second kappa shape index (κ2) is 6.12. The maximum absolute atomic E-state index is 12.8. The SMILES string of the molecule is O=C(NCCc1nc2c(s1)CCCC2)C1C2CC3CC(C2)CC1C3. The summed E-state index contributed by atoms with van der Waals surface area (Å²) in [6, 6.07) is 0. The first kappa shape index (κ1) is 15.4. The number of thiazole rings is 1. The monoisotopic (exact) mass is 344 g/mol. The van der Waals surface area contributed by atoms with Gasteiger partial charge < -0.3 is 5.32 Å². The Labute approximate surface area is 148 Å². The van der Waals surface area contributed by atoms with Crippen molar-refractivity contribution in [3.63, 3.8) is 0 Å². The minimum atomic E-state index is 0.322. The Morgan fingerprint density at radius 1 is 1.04 bits per heavy atom. The van der Waals surface area contributed by atoms with E-state index in [9.17, 15) is 4.79 Å². The first-order valence-corrected chi connectivity index (χ1v) is 10.8. The molecule has 1 aromatic rings. The molecule has 1 amide bonds. The number of carbonyl (C=O) groups is 1. The largest absolute Gasteiger partial charge is 0.355 e. The molecular formula is C20H28N2OS. The smallest absolute Gasteiger partial charge is 0.223 e. The topological polar surface area (TPSA) is 42.0 Å². The van der Waals surface area contributed by atoms with Crippen LogP contribution in [-0.2, 0) is 24.1 Å². The number of hydrogen-bond donors (Lipinski definition) is 1. The summed E-state index contributed by atoms with van der Waals surface area (Å²) >= 11 is 1.88. The van der Waals surface area contributed by atoms with Crippen molar-refractivity contribution < 1.29 is 4.79 Å². The van der Waals surface area contributed by atoms with Gasteiger partial charge in [0.25, 0.3) is 0 Å². The molecule has 24 heavy (non-hydrogen) atoms. The van der Waals surface area contributed by atoms with Gasteiger partial charge in [-0.05, 0) is 81.5 Å². The highest BCUT2D eigenvalue weighted by Gasteiger charge is 2.50. The number of fused-ring (bicyclic) bond motifs is 1. The molecule has 0 radical (unpaired) electrons. The first-order chi connectivity index (χ1) is 11.8. The molecule has 4 heteroatoms. The van der Waals surface area contributed by atoms with Gasteiger partial charge in [-0.1, -0.05) is 0 Å². The predicted molar refractivity (Wildman–Crippen MR) is 96.0 cm³/mol. The standard InChI is InChI=1S/C20H28N2OS/c23-20(19-14-8-12-7-13(10-14)11-15(19)9-12)21-6-5-18-22-16-3-1-2-4-17(16)24-18/h12-15,19H,1-11H2,(H,21,23). The molecule has 5 aliphatic rings. The van der Waals surface area contributed by atoms with Crippen LogP contribution in [0.4, 0.5) is 0 Å². The first-order valence-electron chi connectivity index (χ1n) is 10.0. The average molecular weight is 345 g/mol. The normalized spacial score (nSPS) is 36.6. The maximum atomic E-state index is 12.8. The Morgan fingerprint density at radius 3 is 2.46 bits per heavy atom. The van der Waals surface area contributed by atoms with Gasteiger partial charge in [-0.15, -0.1) is 11.3 Å². The summed E-state index contributed by atoms with van der Waals surface area (Å²) in [5.41, 5.74) is 1.34. The van der Waals surface area contributed by atoms with Crippen molar-refractivity contribution in [3.8, 4) is 0 Å². The second-order valence-electron chi connectivity index (χ2n) is 8.68. The van der Waals surface area contributed by atoms with Gasteiger partial charge in [0.1, 0.15) is 0 Å². The molecule has 0 atom stereocenters. The molecule has 0 unspecified atom stereocenters. The van der Waals surface area contributed by atoms with Crippen LogP contribution in [-0.4, -0.2) is 17.4 Å². The Balaban J connectivity index is 1.17. The van der Waals surface area contributed by atoms with Crippen LogP contribution in [0, 0.1) is 29.6 Å². The van der Waals surface area contributed by atoms with Gasteiger partial charge in [-0.2, -0.15) is 0 Å². The molecule has 4 saturated carbocycles.